The molecule has 4 saturated heterocycles. The molecule has 24 heteroatoms. The molecule has 0 saturated carbocycles. The molecule has 4 aromatic carbocycles. The number of halogens is 3. The summed E-state index contributed by atoms with van der Waals surface area (Å²) in [6, 6.07) is 19.5. The fraction of sp³-hybridized carbons (Fsp3) is 0.464. The Hall–Kier alpha value is -7.22. The zero-order valence-electron chi connectivity index (χ0n) is 45.3. The highest BCUT2D eigenvalue weighted by Crippen LogP contribution is 2.40. The Bertz CT molecular complexity index is 3290. The normalized spacial score (nSPS) is 18.4. The Morgan fingerprint density at radius 2 is 1.15 bits per heavy atom. The molecule has 10 rings (SSSR count). The van der Waals surface area contributed by atoms with Crippen LogP contribution in [0.5, 0.6) is 23.0 Å². The molecule has 4 fully saturated rings. The van der Waals surface area contributed by atoms with E-state index in [2.05, 4.69) is 38.3 Å². The molecule has 0 aliphatic carbocycles. The Balaban J connectivity index is 0.000000179. The molecule has 0 radical (unpaired) electrons. The van der Waals surface area contributed by atoms with E-state index in [4.69, 9.17) is 43.6 Å². The van der Waals surface area contributed by atoms with E-state index in [1.54, 1.807) is 45.3 Å². The van der Waals surface area contributed by atoms with Crippen molar-refractivity contribution in [2.75, 3.05) is 52.6 Å². The van der Waals surface area contributed by atoms with Gasteiger partial charge in [0, 0.05) is 43.9 Å². The summed E-state index contributed by atoms with van der Waals surface area (Å²) in [6.07, 6.45) is 8.28. The van der Waals surface area contributed by atoms with Crippen molar-refractivity contribution in [1.82, 2.24) is 29.4 Å². The summed E-state index contributed by atoms with van der Waals surface area (Å²) in [5, 5.41) is 65.8. The van der Waals surface area contributed by atoms with Crippen LogP contribution in [0.4, 0.5) is 18.4 Å². The summed E-state index contributed by atoms with van der Waals surface area (Å²) in [5.41, 5.74) is 0.0844. The second-order valence-corrected chi connectivity index (χ2v) is 23.3. The maximum absolute atomic E-state index is 14.2. The number of hydrogen-bond donors (Lipinski definition) is 4. The monoisotopic (exact) mass is 1170 g/mol. The smallest absolute Gasteiger partial charge is 0.488 e. The molecular weight excluding hydrogens is 1110 g/mol. The van der Waals surface area contributed by atoms with Crippen LogP contribution < -0.4 is 14.9 Å². The molecule has 4 aliphatic heterocycles. The minimum Gasteiger partial charge on any atom is -0.505 e. The molecule has 6 heterocycles. The van der Waals surface area contributed by atoms with Crippen LogP contribution in [0, 0.1) is 45.1 Å². The van der Waals surface area contributed by atoms with Crippen LogP contribution in [0.2, 0.25) is 0 Å². The number of carbonyl (C=O) groups is 2. The molecule has 2 aromatic heterocycles. The number of amides is 2. The van der Waals surface area contributed by atoms with Gasteiger partial charge in [0.05, 0.1) is 46.3 Å². The molecule has 4 aliphatic rings. The van der Waals surface area contributed by atoms with Crippen molar-refractivity contribution < 1.29 is 67.1 Å². The fourth-order valence-electron chi connectivity index (χ4n) is 9.36. The van der Waals surface area contributed by atoms with Gasteiger partial charge in [-0.15, -0.1) is 0 Å². The van der Waals surface area contributed by atoms with E-state index in [1.165, 1.54) is 28.0 Å². The predicted octanol–water partition coefficient (Wildman–Crippen LogP) is 9.24. The minimum absolute atomic E-state index is 0.0142. The van der Waals surface area contributed by atoms with E-state index in [1.807, 2.05) is 48.3 Å². The summed E-state index contributed by atoms with van der Waals surface area (Å²) in [5.74, 6) is -1.39. The van der Waals surface area contributed by atoms with Gasteiger partial charge in [-0.05, 0) is 145 Å². The summed E-state index contributed by atoms with van der Waals surface area (Å²) in [4.78, 5) is 27.6. The van der Waals surface area contributed by atoms with Crippen molar-refractivity contribution >= 4 is 62.5 Å². The molecule has 80 heavy (non-hydrogen) atoms. The number of benzene rings is 4. The van der Waals surface area contributed by atoms with Crippen LogP contribution in [0.25, 0.3) is 32.9 Å². The van der Waals surface area contributed by atoms with E-state index >= 15 is 0 Å². The molecule has 4 N–H and O–H groups in total. The van der Waals surface area contributed by atoms with Crippen molar-refractivity contribution in [2.45, 2.75) is 104 Å². The first kappa shape index (κ1) is 58.9. The first-order valence-electron chi connectivity index (χ1n) is 26.2. The van der Waals surface area contributed by atoms with Crippen LogP contribution in [0.15, 0.2) is 77.5 Å². The standard InChI is InChI=1S/C28H31FN4O5.C22H27BrN4O4.C6H6BFO3/c1-27(2,3)38-26(35)32-15-28(14-30,16-32)17-37-24-12-19(18-7-8-23(34)21(29)10-18)11-22-20(24)13-31-33(22)25-6-4-5-9-36-25;1-21(2,3)31-20(28)26-12-22(11-24,13-26)14-30-18-9-15(23)8-17-16(18)10-25-27(17)19-6-4-5-7-29-19;8-5-3-4(7(10)11)1-2-6(5)9/h7-8,10-13,25,34H,4-6,9,15-17H2,1-3H3;8-10,19H,4-7,12-14H2,1-3H3;1-3,9-11H. The van der Waals surface area contributed by atoms with Crippen LogP contribution in [-0.2, 0) is 18.9 Å². The lowest BCUT2D eigenvalue weighted by atomic mass is 9.80. The molecule has 0 spiro atoms. The van der Waals surface area contributed by atoms with Gasteiger partial charge in [-0.3, -0.25) is 0 Å². The summed E-state index contributed by atoms with van der Waals surface area (Å²) in [6.45, 7) is 13.4. The number of fused-ring (bicyclic) bond motifs is 2. The van der Waals surface area contributed by atoms with Gasteiger partial charge in [0.2, 0.25) is 0 Å². The number of nitriles is 2. The summed E-state index contributed by atoms with van der Waals surface area (Å²) in [7, 11) is -1.70. The first-order valence-corrected chi connectivity index (χ1v) is 27.0. The fourth-order valence-corrected chi connectivity index (χ4v) is 9.79. The van der Waals surface area contributed by atoms with Crippen molar-refractivity contribution in [3.05, 3.63) is 89.2 Å². The van der Waals surface area contributed by atoms with Gasteiger partial charge in [0.15, 0.2) is 35.6 Å². The van der Waals surface area contributed by atoms with E-state index in [9.17, 15) is 34.0 Å². The Morgan fingerprint density at radius 1 is 0.688 bits per heavy atom. The molecule has 20 nitrogen and oxygen atoms in total. The highest BCUT2D eigenvalue weighted by molar-refractivity contribution is 9.10. The number of aromatic nitrogens is 4. The van der Waals surface area contributed by atoms with Gasteiger partial charge in [0.25, 0.3) is 0 Å². The van der Waals surface area contributed by atoms with Crippen LogP contribution >= 0.6 is 15.9 Å². The third kappa shape index (κ3) is 14.0. The van der Waals surface area contributed by atoms with Gasteiger partial charge in [0.1, 0.15) is 46.7 Å². The lowest BCUT2D eigenvalue weighted by Gasteiger charge is -2.45. The Morgan fingerprint density at radius 3 is 1.57 bits per heavy atom. The lowest BCUT2D eigenvalue weighted by molar-refractivity contribution is -0.0368. The van der Waals surface area contributed by atoms with Gasteiger partial charge >= 0.3 is 19.3 Å². The van der Waals surface area contributed by atoms with E-state index in [0.29, 0.717) is 29.2 Å². The van der Waals surface area contributed by atoms with Gasteiger partial charge < -0.3 is 58.5 Å². The van der Waals surface area contributed by atoms with E-state index in [0.717, 1.165) is 83.5 Å². The molecule has 0 bridgehead atoms. The maximum atomic E-state index is 14.2. The molecule has 424 valence electrons. The third-order valence-electron chi connectivity index (χ3n) is 13.5. The van der Waals surface area contributed by atoms with E-state index < -0.39 is 64.5 Å². The Labute approximate surface area is 470 Å². The largest absolute Gasteiger partial charge is 0.505 e. The quantitative estimate of drug-likeness (QED) is 0.0932. The van der Waals surface area contributed by atoms with Crippen LogP contribution in [0.1, 0.15) is 92.5 Å². The number of phenols is 2. The van der Waals surface area contributed by atoms with Crippen molar-refractivity contribution in [3.8, 4) is 46.3 Å². The lowest BCUT2D eigenvalue weighted by Crippen LogP contribution is -2.61. The maximum Gasteiger partial charge on any atom is 0.488 e. The SMILES string of the molecule is CC(C)(C)OC(=O)N1CC(C#N)(COc2cc(-c3ccc(O)c(F)c3)cc3c2cnn3C2CCCCO2)C1.CC(C)(C)OC(=O)N1CC(C#N)(COc2cc(Br)cc3c2cnn3C2CCCCO2)C1.OB(O)c1ccc(O)c(F)c1. The molecule has 6 aromatic rings. The third-order valence-corrected chi connectivity index (χ3v) is 13.9. The number of rotatable bonds is 10. The number of ether oxygens (including phenoxy) is 6. The van der Waals surface area contributed by atoms with E-state index in [-0.39, 0.29) is 57.3 Å². The number of likely N-dealkylation sites (tertiary alicyclic amines) is 2. The number of nitrogens with zero attached hydrogens (tertiary/aromatic N) is 8. The molecular formula is C56H64BBrF2N8O12. The van der Waals surface area contributed by atoms with Gasteiger partial charge in [-0.25, -0.2) is 27.7 Å². The predicted molar refractivity (Wildman–Crippen MR) is 292 cm³/mol. The van der Waals surface area contributed by atoms with Gasteiger partial charge in [-0.2, -0.15) is 20.7 Å². The average molecular weight is 1170 g/mol. The first-order chi connectivity index (χ1) is 37.9. The number of phenolic OH excluding ortho intramolecular Hbond substituents is 2. The van der Waals surface area contributed by atoms with Crippen molar-refractivity contribution in [3.63, 3.8) is 0 Å². The second kappa shape index (κ2) is 24.3. The summed E-state index contributed by atoms with van der Waals surface area (Å²) >= 11 is 3.55. The Kier molecular flexibility index (Phi) is 17.9. The number of aromatic hydroxyl groups is 2. The van der Waals surface area contributed by atoms with Crippen LogP contribution in [-0.4, -0.2) is 133 Å². The zero-order valence-corrected chi connectivity index (χ0v) is 46.9. The average Bonchev–Trinajstić information content (AvgIpc) is 4.05. The minimum atomic E-state index is -1.70. The summed E-state index contributed by atoms with van der Waals surface area (Å²) < 4.78 is 66.2. The molecule has 2 unspecified atom stereocenters. The zero-order chi connectivity index (χ0) is 57.7. The molecule has 2 atom stereocenters. The number of carbonyl (C=O) groups excluding carboxylic acids is 2. The van der Waals surface area contributed by atoms with Gasteiger partial charge in [-0.1, -0.05) is 28.1 Å². The van der Waals surface area contributed by atoms with Crippen molar-refractivity contribution in [2.24, 2.45) is 10.8 Å². The highest BCUT2D eigenvalue weighted by atomic mass is 79.9. The van der Waals surface area contributed by atoms with Crippen molar-refractivity contribution in [1.29, 1.82) is 10.5 Å². The number of hydrogen-bond acceptors (Lipinski definition) is 16. The molecule has 2 amide bonds. The highest BCUT2D eigenvalue weighted by Gasteiger charge is 2.49. The van der Waals surface area contributed by atoms with Crippen LogP contribution in [0.3, 0.4) is 0 Å². The topological polar surface area (TPSA) is 260 Å². The second-order valence-electron chi connectivity index (χ2n) is 22.3.